The van der Waals surface area contributed by atoms with Crippen LogP contribution in [0.4, 0.5) is 0 Å². The molecule has 0 fully saturated rings. The van der Waals surface area contributed by atoms with E-state index in [1.165, 1.54) is 122 Å². The third kappa shape index (κ3) is 61.2. The molecule has 472 valence electrons. The maximum atomic E-state index is 13.6. The van der Waals surface area contributed by atoms with Crippen molar-refractivity contribution in [3.8, 4) is 0 Å². The Morgan fingerprint density at radius 1 is 0.439 bits per heavy atom. The molecule has 0 heterocycles. The molecule has 10 heteroatoms. The van der Waals surface area contributed by atoms with Crippen molar-refractivity contribution in [2.24, 2.45) is 0 Å². The number of quaternary nitrogens is 1. The highest BCUT2D eigenvalue weighted by Crippen LogP contribution is 2.43. The number of ether oxygens (including phenoxy) is 1. The molecule has 0 saturated carbocycles. The minimum Gasteiger partial charge on any atom is -0.456 e. The van der Waals surface area contributed by atoms with Gasteiger partial charge in [-0.05, 0) is 115 Å². The number of nitrogens with one attached hydrogen (secondary N) is 1. The number of carbonyl (C=O) groups is 2. The van der Waals surface area contributed by atoms with Crippen molar-refractivity contribution in [3.63, 3.8) is 0 Å². The molecule has 0 aromatic rings. The highest BCUT2D eigenvalue weighted by Gasteiger charge is 2.30. The number of phosphoric ester groups is 1. The predicted molar refractivity (Wildman–Crippen MR) is 355 cm³/mol. The summed E-state index contributed by atoms with van der Waals surface area (Å²) < 4.78 is 30.8. The van der Waals surface area contributed by atoms with Crippen LogP contribution in [-0.4, -0.2) is 74.3 Å². The van der Waals surface area contributed by atoms with Crippen LogP contribution < -0.4 is 5.32 Å². The monoisotopic (exact) mass is 1160 g/mol. The number of esters is 1. The van der Waals surface area contributed by atoms with Gasteiger partial charge in [0.1, 0.15) is 19.3 Å². The van der Waals surface area contributed by atoms with Crippen LogP contribution in [0.15, 0.2) is 109 Å². The van der Waals surface area contributed by atoms with E-state index < -0.39 is 20.0 Å². The largest absolute Gasteiger partial charge is 0.472 e. The lowest BCUT2D eigenvalue weighted by molar-refractivity contribution is -0.870. The number of unbranched alkanes of at least 4 members (excludes halogenated alkanes) is 28. The lowest BCUT2D eigenvalue weighted by Crippen LogP contribution is -2.47. The van der Waals surface area contributed by atoms with Gasteiger partial charge in [0.05, 0.1) is 33.8 Å². The summed E-state index contributed by atoms with van der Waals surface area (Å²) in [6, 6.07) is -0.865. The molecular weight excluding hydrogens is 1040 g/mol. The average molecular weight is 1160 g/mol. The lowest BCUT2D eigenvalue weighted by atomic mass is 10.0. The van der Waals surface area contributed by atoms with Gasteiger partial charge in [-0.15, -0.1) is 0 Å². The minimum absolute atomic E-state index is 0.0316. The molecule has 1 amide bonds. The first-order valence-corrected chi connectivity index (χ1v) is 35.2. The van der Waals surface area contributed by atoms with E-state index in [4.69, 9.17) is 13.8 Å². The van der Waals surface area contributed by atoms with E-state index in [0.717, 1.165) is 128 Å². The molecule has 0 radical (unpaired) electrons. The first-order chi connectivity index (χ1) is 39.9. The Morgan fingerprint density at radius 2 is 0.780 bits per heavy atom. The van der Waals surface area contributed by atoms with Crippen molar-refractivity contribution < 1.29 is 37.3 Å². The van der Waals surface area contributed by atoms with Crippen LogP contribution >= 0.6 is 7.82 Å². The van der Waals surface area contributed by atoms with Crippen molar-refractivity contribution in [1.29, 1.82) is 0 Å². The van der Waals surface area contributed by atoms with Gasteiger partial charge in [0.15, 0.2) is 0 Å². The Kier molecular flexibility index (Phi) is 58.3. The molecule has 0 aliphatic rings. The first-order valence-electron chi connectivity index (χ1n) is 33.7. The second kappa shape index (κ2) is 60.8. The van der Waals surface area contributed by atoms with E-state index >= 15 is 0 Å². The van der Waals surface area contributed by atoms with E-state index in [0.29, 0.717) is 17.4 Å². The normalized spacial score (nSPS) is 14.3. The summed E-state index contributed by atoms with van der Waals surface area (Å²) in [5.74, 6) is -0.528. The Balaban J connectivity index is 5.20. The van der Waals surface area contributed by atoms with Crippen molar-refractivity contribution in [2.45, 2.75) is 296 Å². The highest BCUT2D eigenvalue weighted by molar-refractivity contribution is 7.47. The summed E-state index contributed by atoms with van der Waals surface area (Å²) in [4.78, 5) is 37.8. The number of allylic oxidation sites excluding steroid dienone is 17. The molecule has 0 rings (SSSR count). The van der Waals surface area contributed by atoms with Gasteiger partial charge in [0.25, 0.3) is 0 Å². The third-order valence-electron chi connectivity index (χ3n) is 14.4. The van der Waals surface area contributed by atoms with Gasteiger partial charge < -0.3 is 19.4 Å². The number of phosphoric acid groups is 1. The third-order valence-corrected chi connectivity index (χ3v) is 15.4. The summed E-state index contributed by atoms with van der Waals surface area (Å²) >= 11 is 0. The second-order valence-corrected chi connectivity index (χ2v) is 25.1. The zero-order valence-electron chi connectivity index (χ0n) is 54.0. The van der Waals surface area contributed by atoms with Gasteiger partial charge >= 0.3 is 13.8 Å². The summed E-state index contributed by atoms with van der Waals surface area (Å²) in [5, 5.41) is 3.06. The fourth-order valence-corrected chi connectivity index (χ4v) is 10.0. The van der Waals surface area contributed by atoms with E-state index in [2.05, 4.69) is 123 Å². The second-order valence-electron chi connectivity index (χ2n) is 23.6. The van der Waals surface area contributed by atoms with Crippen LogP contribution in [0.5, 0.6) is 0 Å². The number of carbonyl (C=O) groups excluding carboxylic acids is 2. The van der Waals surface area contributed by atoms with Crippen LogP contribution in [0.3, 0.4) is 0 Å². The summed E-state index contributed by atoms with van der Waals surface area (Å²) in [5.41, 5.74) is 0. The number of likely N-dealkylation sites (N-methyl/N-ethyl adjacent to an activating group) is 1. The van der Waals surface area contributed by atoms with E-state index in [1.807, 2.05) is 33.3 Å². The van der Waals surface area contributed by atoms with E-state index in [1.54, 1.807) is 0 Å². The molecular formula is C72H128N2O7P+. The zero-order chi connectivity index (χ0) is 60.0. The smallest absolute Gasteiger partial charge is 0.456 e. The molecule has 0 saturated heterocycles. The summed E-state index contributed by atoms with van der Waals surface area (Å²) in [7, 11) is 1.47. The molecule has 82 heavy (non-hydrogen) atoms. The van der Waals surface area contributed by atoms with Gasteiger partial charge in [-0.3, -0.25) is 18.6 Å². The molecule has 0 aromatic carbocycles. The fraction of sp³-hybridized carbons (Fsp3) is 0.722. The fourth-order valence-electron chi connectivity index (χ4n) is 9.27. The topological polar surface area (TPSA) is 111 Å². The molecule has 2 N–H and O–H groups in total. The minimum atomic E-state index is -4.46. The van der Waals surface area contributed by atoms with Crippen LogP contribution in [0.25, 0.3) is 0 Å². The van der Waals surface area contributed by atoms with Crippen molar-refractivity contribution in [2.75, 3.05) is 40.9 Å². The zero-order valence-corrected chi connectivity index (χ0v) is 54.8. The van der Waals surface area contributed by atoms with Gasteiger partial charge in [-0.2, -0.15) is 0 Å². The van der Waals surface area contributed by atoms with Gasteiger partial charge in [-0.1, -0.05) is 265 Å². The van der Waals surface area contributed by atoms with E-state index in [-0.39, 0.29) is 31.5 Å². The SMILES string of the molecule is CC/C=C\C/C=C\C/C=C\C/C=C\C/C=C\CCCCCCCCCC(=O)OC(/C=C/CCCCCCCCCCCC)C(COP(=O)(O)OCC[N+](C)(C)C)NC(=O)CCCCCCCCCC/C=C\C/C=C\C/C=C\CCCCC. The molecule has 0 aromatic heterocycles. The summed E-state index contributed by atoms with van der Waals surface area (Å²) in [6.07, 6.45) is 83.7. The van der Waals surface area contributed by atoms with Gasteiger partial charge in [-0.25, -0.2) is 4.57 Å². The predicted octanol–water partition coefficient (Wildman–Crippen LogP) is 21.3. The maximum Gasteiger partial charge on any atom is 0.472 e. The quantitative estimate of drug-likeness (QED) is 0.0205. The van der Waals surface area contributed by atoms with Crippen molar-refractivity contribution in [3.05, 3.63) is 109 Å². The summed E-state index contributed by atoms with van der Waals surface area (Å²) in [6.45, 7) is 6.86. The molecule has 9 nitrogen and oxygen atoms in total. The number of amides is 1. The van der Waals surface area contributed by atoms with Crippen molar-refractivity contribution >= 4 is 19.7 Å². The van der Waals surface area contributed by atoms with Gasteiger partial charge in [0, 0.05) is 12.8 Å². The van der Waals surface area contributed by atoms with E-state index in [9.17, 15) is 19.0 Å². The number of rotatable bonds is 60. The lowest BCUT2D eigenvalue weighted by Gasteiger charge is -2.27. The number of hydrogen-bond donors (Lipinski definition) is 2. The van der Waals surface area contributed by atoms with Crippen LogP contribution in [-0.2, 0) is 27.9 Å². The molecule has 0 bridgehead atoms. The first kappa shape index (κ1) is 78.7. The molecule has 0 spiro atoms. The Labute approximate surface area is 506 Å². The Bertz CT molecular complexity index is 1770. The molecule has 0 aliphatic carbocycles. The van der Waals surface area contributed by atoms with Gasteiger partial charge in [0.2, 0.25) is 5.91 Å². The highest BCUT2D eigenvalue weighted by atomic mass is 31.2. The molecule has 0 aliphatic heterocycles. The van der Waals surface area contributed by atoms with Crippen molar-refractivity contribution in [1.82, 2.24) is 5.32 Å². The maximum absolute atomic E-state index is 13.6. The number of nitrogens with zero attached hydrogens (tertiary/aromatic N) is 1. The Morgan fingerprint density at radius 3 is 1.20 bits per heavy atom. The van der Waals surface area contributed by atoms with Crippen LogP contribution in [0.1, 0.15) is 284 Å². The standard InChI is InChI=1S/C72H127N2O7P/c1-7-10-13-16-19-22-25-28-30-32-34-36-37-39-41-43-45-47-50-53-56-59-62-65-72(76)81-70(63-60-57-54-51-48-27-24-21-18-15-12-9-3)69(68-80-82(77,78)79-67-66-74(4,5)6)73-71(75)64-61-58-55-52-49-46-44-42-40-38-35-33-31-29-26-23-20-17-14-11-8-2/h10,13,19-20,22-23,28-31,34-36,38-39,41,60,63,69-70H,7-9,11-12,14-18,21,24-27,32-33,37,40,42-59,61-62,64-68H2,1-6H3,(H-,73,75,77,78)/p+1/b13-10-,22-19-,23-20-,30-28-,31-29-,36-34-,38-35-,41-39-,63-60+. The molecule has 3 atom stereocenters. The molecule has 3 unspecified atom stereocenters. The Hall–Kier alpha value is -3.33. The van der Waals surface area contributed by atoms with Crippen LogP contribution in [0, 0.1) is 0 Å². The van der Waals surface area contributed by atoms with Crippen LogP contribution in [0.2, 0.25) is 0 Å². The average Bonchev–Trinajstić information content (AvgIpc) is 3.44. The number of hydrogen-bond acceptors (Lipinski definition) is 6.